The van der Waals surface area contributed by atoms with Crippen LogP contribution in [0.4, 0.5) is 0 Å². The number of carbonyl (C=O) groups is 1. The van der Waals surface area contributed by atoms with Gasteiger partial charge in [-0.15, -0.1) is 0 Å². The number of rotatable bonds is 37. The van der Waals surface area contributed by atoms with Gasteiger partial charge in [0.2, 0.25) is 5.91 Å². The highest BCUT2D eigenvalue weighted by Crippen LogP contribution is 2.23. The highest BCUT2D eigenvalue weighted by molar-refractivity contribution is 5.76. The topological polar surface area (TPSA) is 149 Å². The van der Waals surface area contributed by atoms with Crippen LogP contribution in [-0.4, -0.2) is 87.5 Å². The molecule has 0 saturated carbocycles. The number of carbonyl (C=O) groups excluding carboxylic acids is 1. The van der Waals surface area contributed by atoms with Crippen LogP contribution < -0.4 is 5.32 Å². The summed E-state index contributed by atoms with van der Waals surface area (Å²) in [5.74, 6) is -0.150. The lowest BCUT2D eigenvalue weighted by Crippen LogP contribution is -2.60. The molecular formula is C44H85NO8. The highest BCUT2D eigenvalue weighted by atomic mass is 16.7. The quantitative estimate of drug-likeness (QED) is 0.0272. The Morgan fingerprint density at radius 2 is 1.06 bits per heavy atom. The zero-order valence-electron chi connectivity index (χ0n) is 34.3. The Morgan fingerprint density at radius 1 is 0.623 bits per heavy atom. The molecule has 1 aliphatic heterocycles. The fourth-order valence-corrected chi connectivity index (χ4v) is 7.21. The number of hydrogen-bond donors (Lipinski definition) is 6. The van der Waals surface area contributed by atoms with E-state index in [1.165, 1.54) is 128 Å². The average Bonchev–Trinajstić information content (AvgIpc) is 3.16. The second kappa shape index (κ2) is 35.4. The van der Waals surface area contributed by atoms with Crippen LogP contribution in [0.2, 0.25) is 0 Å². The lowest BCUT2D eigenvalue weighted by molar-refractivity contribution is -0.302. The molecule has 0 aromatic heterocycles. The Kier molecular flexibility index (Phi) is 33.3. The third-order valence-electron chi connectivity index (χ3n) is 10.9. The number of aliphatic hydroxyl groups is 5. The minimum absolute atomic E-state index is 0.137. The summed E-state index contributed by atoms with van der Waals surface area (Å²) >= 11 is 0. The van der Waals surface area contributed by atoms with Crippen molar-refractivity contribution in [2.75, 3.05) is 13.2 Å². The van der Waals surface area contributed by atoms with Gasteiger partial charge in [-0.1, -0.05) is 174 Å². The fourth-order valence-electron chi connectivity index (χ4n) is 7.21. The van der Waals surface area contributed by atoms with Gasteiger partial charge in [0, 0.05) is 6.42 Å². The fraction of sp³-hybridized carbons (Fsp3) is 0.932. The van der Waals surface area contributed by atoms with Gasteiger partial charge in [0.25, 0.3) is 0 Å². The molecule has 7 unspecified atom stereocenters. The molecule has 53 heavy (non-hydrogen) atoms. The zero-order chi connectivity index (χ0) is 38.8. The number of ether oxygens (including phenoxy) is 2. The predicted octanol–water partition coefficient (Wildman–Crippen LogP) is 8.95. The van der Waals surface area contributed by atoms with Crippen LogP contribution >= 0.6 is 0 Å². The van der Waals surface area contributed by atoms with Crippen molar-refractivity contribution in [3.63, 3.8) is 0 Å². The van der Waals surface area contributed by atoms with Crippen molar-refractivity contribution >= 4 is 5.91 Å². The van der Waals surface area contributed by atoms with Gasteiger partial charge in [0.1, 0.15) is 24.4 Å². The van der Waals surface area contributed by atoms with Crippen molar-refractivity contribution in [2.45, 2.75) is 249 Å². The maximum absolute atomic E-state index is 12.8. The minimum atomic E-state index is -1.55. The maximum atomic E-state index is 12.8. The normalized spacial score (nSPS) is 21.7. The molecule has 9 heteroatoms. The van der Waals surface area contributed by atoms with Crippen molar-refractivity contribution in [2.24, 2.45) is 0 Å². The van der Waals surface area contributed by atoms with E-state index in [1.807, 2.05) is 0 Å². The van der Waals surface area contributed by atoms with Gasteiger partial charge in [0.15, 0.2) is 6.29 Å². The smallest absolute Gasteiger partial charge is 0.220 e. The van der Waals surface area contributed by atoms with Crippen molar-refractivity contribution in [1.29, 1.82) is 0 Å². The molecule has 314 valence electrons. The van der Waals surface area contributed by atoms with E-state index < -0.39 is 49.5 Å². The van der Waals surface area contributed by atoms with Gasteiger partial charge in [-0.2, -0.15) is 0 Å². The van der Waals surface area contributed by atoms with Crippen molar-refractivity contribution in [3.8, 4) is 0 Å². The van der Waals surface area contributed by atoms with Gasteiger partial charge >= 0.3 is 0 Å². The van der Waals surface area contributed by atoms with Crippen molar-refractivity contribution in [1.82, 2.24) is 5.32 Å². The molecular weight excluding hydrogens is 670 g/mol. The van der Waals surface area contributed by atoms with Crippen LogP contribution in [-0.2, 0) is 14.3 Å². The molecule has 0 radical (unpaired) electrons. The second-order valence-electron chi connectivity index (χ2n) is 15.8. The SMILES string of the molecule is CCCCCCCCCC/C=C\CCCCCCCCCCCCCCCC(=O)NC(COC1OC(CO)C(O)C(O)C1O)C(O)CCCCCCC. The summed E-state index contributed by atoms with van der Waals surface area (Å²) in [7, 11) is 0. The summed E-state index contributed by atoms with van der Waals surface area (Å²) in [6.07, 6.45) is 32.8. The Balaban J connectivity index is 2.11. The Bertz CT molecular complexity index is 842. The van der Waals surface area contributed by atoms with Crippen molar-refractivity contribution < 1.29 is 39.8 Å². The Labute approximate surface area is 325 Å². The first-order valence-corrected chi connectivity index (χ1v) is 22.4. The first-order chi connectivity index (χ1) is 25.8. The Hall–Kier alpha value is -1.07. The monoisotopic (exact) mass is 756 g/mol. The van der Waals surface area contributed by atoms with Crippen LogP contribution in [0.3, 0.4) is 0 Å². The standard InChI is InChI=1S/C44H85NO8/c1-3-5-7-9-10-11-12-13-14-15-16-17-18-19-20-21-22-23-24-25-26-27-28-30-32-34-40(48)45-37(38(47)33-31-29-8-6-4-2)36-52-44-43(51)42(50)41(49)39(35-46)53-44/h15-16,37-39,41-44,46-47,49-51H,3-14,17-36H2,1-2H3,(H,45,48)/b16-15-. The summed E-state index contributed by atoms with van der Waals surface area (Å²) in [4.78, 5) is 12.8. The van der Waals surface area contributed by atoms with Gasteiger partial charge in [-0.05, 0) is 38.5 Å². The van der Waals surface area contributed by atoms with Crippen LogP contribution in [0.15, 0.2) is 12.2 Å². The van der Waals surface area contributed by atoms with E-state index in [1.54, 1.807) is 0 Å². The third kappa shape index (κ3) is 26.4. The summed E-state index contributed by atoms with van der Waals surface area (Å²) in [5, 5.41) is 53.8. The van der Waals surface area contributed by atoms with Crippen LogP contribution in [0.5, 0.6) is 0 Å². The number of hydrogen-bond acceptors (Lipinski definition) is 8. The summed E-state index contributed by atoms with van der Waals surface area (Å²) in [5.41, 5.74) is 0. The van der Waals surface area contributed by atoms with E-state index in [-0.39, 0.29) is 12.5 Å². The Morgan fingerprint density at radius 3 is 1.53 bits per heavy atom. The van der Waals surface area contributed by atoms with Crippen LogP contribution in [0.25, 0.3) is 0 Å². The first-order valence-electron chi connectivity index (χ1n) is 22.4. The largest absolute Gasteiger partial charge is 0.394 e. The van der Waals surface area contributed by atoms with Crippen LogP contribution in [0.1, 0.15) is 206 Å². The first kappa shape index (κ1) is 49.9. The lowest BCUT2D eigenvalue weighted by Gasteiger charge is -2.40. The van der Waals surface area contributed by atoms with Crippen molar-refractivity contribution in [3.05, 3.63) is 12.2 Å². The molecule has 0 bridgehead atoms. The minimum Gasteiger partial charge on any atom is -0.394 e. The summed E-state index contributed by atoms with van der Waals surface area (Å²) < 4.78 is 11.1. The van der Waals surface area contributed by atoms with Crippen LogP contribution in [0, 0.1) is 0 Å². The molecule has 1 aliphatic rings. The van der Waals surface area contributed by atoms with E-state index in [4.69, 9.17) is 9.47 Å². The number of amides is 1. The van der Waals surface area contributed by atoms with E-state index in [0.717, 1.165) is 51.4 Å². The summed E-state index contributed by atoms with van der Waals surface area (Å²) in [6, 6.07) is -0.711. The van der Waals surface area contributed by atoms with Gasteiger partial charge in [-0.25, -0.2) is 0 Å². The number of allylic oxidation sites excluding steroid dienone is 2. The average molecular weight is 756 g/mol. The molecule has 1 fully saturated rings. The molecule has 1 saturated heterocycles. The number of aliphatic hydroxyl groups excluding tert-OH is 5. The van der Waals surface area contributed by atoms with E-state index in [0.29, 0.717) is 12.8 Å². The molecule has 1 heterocycles. The molecule has 1 rings (SSSR count). The number of nitrogens with one attached hydrogen (secondary N) is 1. The second-order valence-corrected chi connectivity index (χ2v) is 15.8. The lowest BCUT2D eigenvalue weighted by atomic mass is 9.99. The molecule has 0 spiro atoms. The molecule has 1 amide bonds. The molecule has 9 nitrogen and oxygen atoms in total. The molecule has 7 atom stereocenters. The van der Waals surface area contributed by atoms with Gasteiger partial charge in [-0.3, -0.25) is 4.79 Å². The third-order valence-corrected chi connectivity index (χ3v) is 10.9. The molecule has 0 aromatic carbocycles. The summed E-state index contributed by atoms with van der Waals surface area (Å²) in [6.45, 7) is 3.74. The van der Waals surface area contributed by atoms with Gasteiger partial charge < -0.3 is 40.3 Å². The number of unbranched alkanes of at least 4 members (excludes halogenated alkanes) is 25. The molecule has 6 N–H and O–H groups in total. The molecule has 0 aliphatic carbocycles. The van der Waals surface area contributed by atoms with E-state index >= 15 is 0 Å². The van der Waals surface area contributed by atoms with E-state index in [9.17, 15) is 30.3 Å². The zero-order valence-corrected chi connectivity index (χ0v) is 34.3. The van der Waals surface area contributed by atoms with Gasteiger partial charge in [0.05, 0.1) is 25.4 Å². The molecule has 0 aromatic rings. The highest BCUT2D eigenvalue weighted by Gasteiger charge is 2.44. The maximum Gasteiger partial charge on any atom is 0.220 e. The predicted molar refractivity (Wildman–Crippen MR) is 217 cm³/mol. The van der Waals surface area contributed by atoms with E-state index in [2.05, 4.69) is 31.3 Å².